The average Bonchev–Trinajstić information content (AvgIpc) is 2.34. The zero-order chi connectivity index (χ0) is 9.03. The molecule has 0 aromatic rings. The van der Waals surface area contributed by atoms with Gasteiger partial charge in [0.2, 0.25) is 0 Å². The van der Waals surface area contributed by atoms with E-state index in [1.807, 2.05) is 6.92 Å². The Kier molecular flexibility index (Phi) is 3.17. The molecule has 0 radical (unpaired) electrons. The van der Waals surface area contributed by atoms with E-state index in [0.29, 0.717) is 5.92 Å². The molecule has 1 aliphatic carbocycles. The minimum atomic E-state index is -0.399. The lowest BCUT2D eigenvalue weighted by molar-refractivity contribution is 0.00242. The van der Waals surface area contributed by atoms with Crippen LogP contribution in [0.25, 0.3) is 0 Å². The Morgan fingerprint density at radius 1 is 1.58 bits per heavy atom. The van der Waals surface area contributed by atoms with Crippen LogP contribution >= 0.6 is 0 Å². The van der Waals surface area contributed by atoms with Crippen molar-refractivity contribution in [2.75, 3.05) is 0 Å². The number of hydrogen-bond donors (Lipinski definition) is 1. The lowest BCUT2D eigenvalue weighted by atomic mass is 9.88. The Hall–Kier alpha value is -0.480. The molecule has 0 aromatic carbocycles. The van der Waals surface area contributed by atoms with Gasteiger partial charge in [-0.1, -0.05) is 13.3 Å². The first kappa shape index (κ1) is 9.61. The summed E-state index contributed by atoms with van der Waals surface area (Å²) in [4.78, 5) is 0. The molecule has 0 aromatic heterocycles. The molecule has 0 aliphatic heterocycles. The first-order valence-electron chi connectivity index (χ1n) is 4.81. The second-order valence-corrected chi connectivity index (χ2v) is 3.82. The zero-order valence-electron chi connectivity index (χ0n) is 8.06. The fourth-order valence-electron chi connectivity index (χ4n) is 2.00. The van der Waals surface area contributed by atoms with Crippen molar-refractivity contribution < 1.29 is 5.11 Å². The first-order valence-corrected chi connectivity index (χ1v) is 4.81. The number of hydrogen-bond acceptors (Lipinski definition) is 1. The Bertz CT molecular complexity index is 199. The third-order valence-electron chi connectivity index (χ3n) is 3.02. The minimum Gasteiger partial charge on any atom is -0.390 e. The van der Waals surface area contributed by atoms with Gasteiger partial charge in [-0.25, -0.2) is 0 Å². The molecule has 1 N–H and O–H groups in total. The molecule has 1 saturated carbocycles. The van der Waals surface area contributed by atoms with Crippen molar-refractivity contribution in [2.24, 2.45) is 5.92 Å². The summed E-state index contributed by atoms with van der Waals surface area (Å²) in [5.41, 5.74) is -0.399. The molecule has 1 heteroatoms. The molecule has 0 bridgehead atoms. The molecular formula is C11H18O. The highest BCUT2D eigenvalue weighted by molar-refractivity contribution is 4.99. The summed E-state index contributed by atoms with van der Waals surface area (Å²) in [5.74, 6) is 6.34. The van der Waals surface area contributed by atoms with Gasteiger partial charge in [-0.15, -0.1) is 11.8 Å². The van der Waals surface area contributed by atoms with Crippen LogP contribution in [0.4, 0.5) is 0 Å². The Morgan fingerprint density at radius 3 is 2.83 bits per heavy atom. The predicted octanol–water partition coefficient (Wildman–Crippen LogP) is 2.34. The van der Waals surface area contributed by atoms with Crippen molar-refractivity contribution in [1.82, 2.24) is 0 Å². The molecule has 0 saturated heterocycles. The molecule has 1 aliphatic rings. The molecule has 1 rings (SSSR count). The fraction of sp³-hybridized carbons (Fsp3) is 0.818. The van der Waals surface area contributed by atoms with E-state index in [0.717, 1.165) is 19.3 Å². The van der Waals surface area contributed by atoms with Gasteiger partial charge in [0.25, 0.3) is 0 Å². The van der Waals surface area contributed by atoms with Crippen LogP contribution in [-0.4, -0.2) is 10.7 Å². The third kappa shape index (κ3) is 2.01. The third-order valence-corrected chi connectivity index (χ3v) is 3.02. The molecule has 1 fully saturated rings. The Labute approximate surface area is 75.2 Å². The van der Waals surface area contributed by atoms with Gasteiger partial charge >= 0.3 is 0 Å². The van der Waals surface area contributed by atoms with Crippen molar-refractivity contribution in [1.29, 1.82) is 0 Å². The molecule has 0 amide bonds. The van der Waals surface area contributed by atoms with Crippen molar-refractivity contribution in [3.63, 3.8) is 0 Å². The predicted molar refractivity (Wildman–Crippen MR) is 50.6 cm³/mol. The molecule has 68 valence electrons. The topological polar surface area (TPSA) is 20.2 Å². The summed E-state index contributed by atoms with van der Waals surface area (Å²) in [6.45, 7) is 3.99. The van der Waals surface area contributed by atoms with Crippen LogP contribution in [0.3, 0.4) is 0 Å². The van der Waals surface area contributed by atoms with Crippen LogP contribution in [0, 0.1) is 17.8 Å². The van der Waals surface area contributed by atoms with Gasteiger partial charge in [-0.05, 0) is 32.1 Å². The summed E-state index contributed by atoms with van der Waals surface area (Å²) in [7, 11) is 0. The van der Waals surface area contributed by atoms with Gasteiger partial charge in [0.05, 0.1) is 5.60 Å². The molecule has 0 spiro atoms. The second-order valence-electron chi connectivity index (χ2n) is 3.82. The Morgan fingerprint density at radius 2 is 2.33 bits per heavy atom. The van der Waals surface area contributed by atoms with E-state index in [1.54, 1.807) is 0 Å². The number of rotatable bonds is 2. The van der Waals surface area contributed by atoms with Gasteiger partial charge < -0.3 is 5.11 Å². The van der Waals surface area contributed by atoms with E-state index in [2.05, 4.69) is 18.8 Å². The average molecular weight is 166 g/mol. The maximum Gasteiger partial charge on any atom is 0.0682 e. The highest BCUT2D eigenvalue weighted by Crippen LogP contribution is 2.38. The van der Waals surface area contributed by atoms with Crippen molar-refractivity contribution in [2.45, 2.75) is 51.6 Å². The van der Waals surface area contributed by atoms with Crippen molar-refractivity contribution in [3.8, 4) is 11.8 Å². The zero-order valence-corrected chi connectivity index (χ0v) is 8.06. The van der Waals surface area contributed by atoms with E-state index in [1.165, 1.54) is 12.8 Å². The van der Waals surface area contributed by atoms with Crippen LogP contribution in [0.5, 0.6) is 0 Å². The van der Waals surface area contributed by atoms with Crippen molar-refractivity contribution in [3.05, 3.63) is 0 Å². The van der Waals surface area contributed by atoms with Crippen LogP contribution in [0.15, 0.2) is 0 Å². The highest BCUT2D eigenvalue weighted by Gasteiger charge is 2.37. The van der Waals surface area contributed by atoms with E-state index < -0.39 is 5.60 Å². The summed E-state index contributed by atoms with van der Waals surface area (Å²) in [5, 5.41) is 10.1. The normalized spacial score (nSPS) is 34.4. The summed E-state index contributed by atoms with van der Waals surface area (Å²) < 4.78 is 0. The van der Waals surface area contributed by atoms with Crippen LogP contribution < -0.4 is 0 Å². The summed E-state index contributed by atoms with van der Waals surface area (Å²) in [6, 6.07) is 0. The van der Waals surface area contributed by atoms with E-state index >= 15 is 0 Å². The maximum absolute atomic E-state index is 10.1. The molecule has 2 unspecified atom stereocenters. The largest absolute Gasteiger partial charge is 0.390 e. The highest BCUT2D eigenvalue weighted by atomic mass is 16.3. The van der Waals surface area contributed by atoms with Gasteiger partial charge in [-0.3, -0.25) is 0 Å². The quantitative estimate of drug-likeness (QED) is 0.624. The lowest BCUT2D eigenvalue weighted by Crippen LogP contribution is -2.30. The monoisotopic (exact) mass is 166 g/mol. The molecular weight excluding hydrogens is 148 g/mol. The van der Waals surface area contributed by atoms with Gasteiger partial charge in [-0.2, -0.15) is 0 Å². The fourth-order valence-corrected chi connectivity index (χ4v) is 2.00. The standard InChI is InChI=1S/C11H18O/c1-3-4-5-8-11(12)9-6-7-10(11)2/h10,12H,5-9H2,1-2H3. The molecule has 2 atom stereocenters. The lowest BCUT2D eigenvalue weighted by Gasteiger charge is -2.26. The van der Waals surface area contributed by atoms with E-state index in [-0.39, 0.29) is 0 Å². The van der Waals surface area contributed by atoms with Crippen LogP contribution in [0.1, 0.15) is 46.0 Å². The number of aliphatic hydroxyl groups is 1. The summed E-state index contributed by atoms with van der Waals surface area (Å²) >= 11 is 0. The van der Waals surface area contributed by atoms with E-state index in [4.69, 9.17) is 0 Å². The molecule has 12 heavy (non-hydrogen) atoms. The second kappa shape index (κ2) is 3.96. The SMILES string of the molecule is CC#CCCC1(O)CCCC1C. The van der Waals surface area contributed by atoms with Gasteiger partial charge in [0.1, 0.15) is 0 Å². The van der Waals surface area contributed by atoms with Crippen molar-refractivity contribution >= 4 is 0 Å². The minimum absolute atomic E-state index is 0.399. The van der Waals surface area contributed by atoms with Gasteiger partial charge in [0.15, 0.2) is 0 Å². The van der Waals surface area contributed by atoms with E-state index in [9.17, 15) is 5.11 Å². The molecule has 0 heterocycles. The maximum atomic E-state index is 10.1. The van der Waals surface area contributed by atoms with Crippen LogP contribution in [-0.2, 0) is 0 Å². The van der Waals surface area contributed by atoms with Crippen LogP contribution in [0.2, 0.25) is 0 Å². The summed E-state index contributed by atoms with van der Waals surface area (Å²) in [6.07, 6.45) is 5.03. The molecule has 1 nitrogen and oxygen atoms in total. The van der Waals surface area contributed by atoms with Gasteiger partial charge in [0, 0.05) is 6.42 Å². The first-order chi connectivity index (χ1) is 5.69. The Balaban J connectivity index is 2.41. The smallest absolute Gasteiger partial charge is 0.0682 e.